The molecule has 0 aliphatic heterocycles. The average molecular weight is 228 g/mol. The van der Waals surface area contributed by atoms with Crippen LogP contribution in [0.5, 0.6) is 0 Å². The first-order valence-corrected chi connectivity index (χ1v) is 5.18. The molecule has 2 N–H and O–H groups in total. The van der Waals surface area contributed by atoms with Gasteiger partial charge in [0.15, 0.2) is 0 Å². The van der Waals surface area contributed by atoms with Crippen LogP contribution >= 0.6 is 11.6 Å². The van der Waals surface area contributed by atoms with E-state index in [2.05, 4.69) is 0 Å². The summed E-state index contributed by atoms with van der Waals surface area (Å²) >= 11 is 5.74. The molecule has 0 saturated carbocycles. The summed E-state index contributed by atoms with van der Waals surface area (Å²) in [7, 11) is 0. The van der Waals surface area contributed by atoms with Gasteiger partial charge in [-0.3, -0.25) is 4.79 Å². The van der Waals surface area contributed by atoms with Crippen LogP contribution in [0.1, 0.15) is 24.9 Å². The Morgan fingerprint density at radius 3 is 2.60 bits per heavy atom. The lowest BCUT2D eigenvalue weighted by Gasteiger charge is -2.10. The van der Waals surface area contributed by atoms with Gasteiger partial charge in [-0.05, 0) is 24.6 Å². The third-order valence-corrected chi connectivity index (χ3v) is 2.24. The molecule has 4 heteroatoms. The van der Waals surface area contributed by atoms with E-state index in [0.29, 0.717) is 11.6 Å². The summed E-state index contributed by atoms with van der Waals surface area (Å²) in [5.74, 6) is -0.278. The highest BCUT2D eigenvalue weighted by Crippen LogP contribution is 2.17. The van der Waals surface area contributed by atoms with Gasteiger partial charge >= 0.3 is 5.97 Å². The Kier molecular flexibility index (Phi) is 4.59. The van der Waals surface area contributed by atoms with Gasteiger partial charge in [0, 0.05) is 11.1 Å². The van der Waals surface area contributed by atoms with Crippen LogP contribution in [0, 0.1) is 0 Å². The number of rotatable bonds is 4. The number of nitrogens with two attached hydrogens (primary N) is 1. The molecule has 0 aromatic heterocycles. The molecule has 0 aliphatic rings. The molecular weight excluding hydrogens is 214 g/mol. The lowest BCUT2D eigenvalue weighted by atomic mass is 10.1. The second-order valence-electron chi connectivity index (χ2n) is 3.17. The molecule has 0 amide bonds. The van der Waals surface area contributed by atoms with Crippen LogP contribution in [-0.4, -0.2) is 12.6 Å². The van der Waals surface area contributed by atoms with Crippen molar-refractivity contribution in [2.45, 2.75) is 19.4 Å². The molecule has 1 aromatic carbocycles. The molecule has 0 radical (unpaired) electrons. The molecule has 0 unspecified atom stereocenters. The topological polar surface area (TPSA) is 52.3 Å². The minimum atomic E-state index is -0.332. The summed E-state index contributed by atoms with van der Waals surface area (Å²) in [4.78, 5) is 11.2. The summed E-state index contributed by atoms with van der Waals surface area (Å²) in [6.45, 7) is 2.15. The number of hydrogen-bond acceptors (Lipinski definition) is 3. The number of esters is 1. The lowest BCUT2D eigenvalue weighted by molar-refractivity contribution is -0.143. The maximum absolute atomic E-state index is 11.2. The first-order valence-electron chi connectivity index (χ1n) is 4.80. The largest absolute Gasteiger partial charge is 0.466 e. The lowest BCUT2D eigenvalue weighted by Crippen LogP contribution is -2.17. The fourth-order valence-corrected chi connectivity index (χ4v) is 1.35. The fraction of sp³-hybridized carbons (Fsp3) is 0.364. The molecule has 1 atom stereocenters. The van der Waals surface area contributed by atoms with E-state index in [1.165, 1.54) is 0 Å². The van der Waals surface area contributed by atoms with Gasteiger partial charge in [-0.1, -0.05) is 23.7 Å². The highest BCUT2D eigenvalue weighted by molar-refractivity contribution is 6.30. The summed E-state index contributed by atoms with van der Waals surface area (Å²) in [5, 5.41) is 0.655. The molecule has 1 aromatic rings. The van der Waals surface area contributed by atoms with Crippen molar-refractivity contribution >= 4 is 17.6 Å². The zero-order valence-electron chi connectivity index (χ0n) is 8.57. The smallest absolute Gasteiger partial charge is 0.307 e. The highest BCUT2D eigenvalue weighted by Gasteiger charge is 2.11. The predicted octanol–water partition coefficient (Wildman–Crippen LogP) is 2.29. The van der Waals surface area contributed by atoms with Crippen molar-refractivity contribution in [3.8, 4) is 0 Å². The van der Waals surface area contributed by atoms with Crippen molar-refractivity contribution in [1.82, 2.24) is 0 Å². The standard InChI is InChI=1S/C11H14ClNO2/c1-2-15-11(14)7-10(13)8-3-5-9(12)6-4-8/h3-6,10H,2,7,13H2,1H3/t10-/m0/s1. The molecule has 0 heterocycles. The Hall–Kier alpha value is -1.06. The minimum absolute atomic E-state index is 0.190. The Balaban J connectivity index is 2.57. The minimum Gasteiger partial charge on any atom is -0.466 e. The molecule has 82 valence electrons. The van der Waals surface area contributed by atoms with Gasteiger partial charge in [-0.25, -0.2) is 0 Å². The highest BCUT2D eigenvalue weighted by atomic mass is 35.5. The van der Waals surface area contributed by atoms with E-state index in [-0.39, 0.29) is 18.4 Å². The normalized spacial score (nSPS) is 12.2. The molecule has 0 spiro atoms. The van der Waals surface area contributed by atoms with E-state index < -0.39 is 0 Å². The molecule has 0 aliphatic carbocycles. The first kappa shape index (κ1) is 12.0. The Labute approximate surface area is 94.2 Å². The SMILES string of the molecule is CCOC(=O)C[C@H](N)c1ccc(Cl)cc1. The van der Waals surface area contributed by atoms with Crippen LogP contribution in [0.25, 0.3) is 0 Å². The van der Waals surface area contributed by atoms with Gasteiger partial charge in [0.2, 0.25) is 0 Å². The fourth-order valence-electron chi connectivity index (χ4n) is 1.23. The summed E-state index contributed by atoms with van der Waals surface area (Å²) < 4.78 is 4.81. The van der Waals surface area contributed by atoms with Crippen LogP contribution in [-0.2, 0) is 9.53 Å². The number of hydrogen-bond donors (Lipinski definition) is 1. The van der Waals surface area contributed by atoms with Gasteiger partial charge < -0.3 is 10.5 Å². The van der Waals surface area contributed by atoms with Crippen molar-refractivity contribution in [3.05, 3.63) is 34.9 Å². The molecule has 0 fully saturated rings. The third-order valence-electron chi connectivity index (χ3n) is 1.99. The van der Waals surface area contributed by atoms with E-state index in [4.69, 9.17) is 22.1 Å². The summed E-state index contributed by atoms with van der Waals surface area (Å²) in [6, 6.07) is 6.80. The van der Waals surface area contributed by atoms with Crippen molar-refractivity contribution in [3.63, 3.8) is 0 Å². The van der Waals surface area contributed by atoms with E-state index >= 15 is 0 Å². The monoisotopic (exact) mass is 227 g/mol. The Bertz CT molecular complexity index is 324. The van der Waals surface area contributed by atoms with Crippen molar-refractivity contribution < 1.29 is 9.53 Å². The quantitative estimate of drug-likeness (QED) is 0.803. The second-order valence-corrected chi connectivity index (χ2v) is 3.60. The zero-order chi connectivity index (χ0) is 11.3. The maximum Gasteiger partial charge on any atom is 0.307 e. The second kappa shape index (κ2) is 5.73. The number of halogens is 1. The van der Waals surface area contributed by atoms with Gasteiger partial charge in [0.25, 0.3) is 0 Å². The molecule has 0 bridgehead atoms. The maximum atomic E-state index is 11.2. The Morgan fingerprint density at radius 2 is 2.07 bits per heavy atom. The van der Waals surface area contributed by atoms with Crippen LogP contribution in [0.3, 0.4) is 0 Å². The predicted molar refractivity (Wildman–Crippen MR) is 59.6 cm³/mol. The molecule has 1 rings (SSSR count). The van der Waals surface area contributed by atoms with Crippen LogP contribution in [0.15, 0.2) is 24.3 Å². The van der Waals surface area contributed by atoms with Gasteiger partial charge in [0.1, 0.15) is 0 Å². The summed E-state index contributed by atoms with van der Waals surface area (Å²) in [5.41, 5.74) is 6.71. The van der Waals surface area contributed by atoms with E-state index in [9.17, 15) is 4.79 Å². The van der Waals surface area contributed by atoms with Gasteiger partial charge in [-0.15, -0.1) is 0 Å². The average Bonchev–Trinajstić information content (AvgIpc) is 2.18. The van der Waals surface area contributed by atoms with Crippen LogP contribution < -0.4 is 5.73 Å². The van der Waals surface area contributed by atoms with Gasteiger partial charge in [-0.2, -0.15) is 0 Å². The van der Waals surface area contributed by atoms with Crippen molar-refractivity contribution in [2.75, 3.05) is 6.61 Å². The molecular formula is C11H14ClNO2. The molecule has 0 saturated heterocycles. The number of carbonyl (C=O) groups excluding carboxylic acids is 1. The van der Waals surface area contributed by atoms with Crippen LogP contribution in [0.2, 0.25) is 5.02 Å². The number of carbonyl (C=O) groups is 1. The summed E-state index contributed by atoms with van der Waals surface area (Å²) in [6.07, 6.45) is 0.190. The third kappa shape index (κ3) is 3.90. The van der Waals surface area contributed by atoms with Crippen molar-refractivity contribution in [2.24, 2.45) is 5.73 Å². The molecule has 3 nitrogen and oxygen atoms in total. The number of benzene rings is 1. The van der Waals surface area contributed by atoms with Crippen molar-refractivity contribution in [1.29, 1.82) is 0 Å². The van der Waals surface area contributed by atoms with E-state index in [1.807, 2.05) is 12.1 Å². The zero-order valence-corrected chi connectivity index (χ0v) is 9.33. The molecule has 15 heavy (non-hydrogen) atoms. The number of ether oxygens (including phenoxy) is 1. The van der Waals surface area contributed by atoms with Gasteiger partial charge in [0.05, 0.1) is 13.0 Å². The van der Waals surface area contributed by atoms with E-state index in [1.54, 1.807) is 19.1 Å². The Morgan fingerprint density at radius 1 is 1.47 bits per heavy atom. The first-order chi connectivity index (χ1) is 7.13. The van der Waals surface area contributed by atoms with E-state index in [0.717, 1.165) is 5.56 Å². The van der Waals surface area contributed by atoms with Crippen LogP contribution in [0.4, 0.5) is 0 Å².